The van der Waals surface area contributed by atoms with Crippen molar-refractivity contribution >= 4 is 17.8 Å². The maximum Gasteiger partial charge on any atom is 0.324 e. The number of halogens is 1. The molecule has 0 bridgehead atoms. The van der Waals surface area contributed by atoms with Crippen LogP contribution in [0.3, 0.4) is 0 Å². The number of rotatable bonds is 3. The number of amides is 4. The van der Waals surface area contributed by atoms with E-state index in [1.807, 2.05) is 0 Å². The molecule has 0 aliphatic carbocycles. The maximum absolute atomic E-state index is 13.5. The first-order chi connectivity index (χ1) is 13.9. The largest absolute Gasteiger partial charge is 0.379 e. The zero-order valence-corrected chi connectivity index (χ0v) is 16.4. The molecule has 4 rings (SSSR count). The van der Waals surface area contributed by atoms with Gasteiger partial charge in [0, 0.05) is 33.2 Å². The van der Waals surface area contributed by atoms with Gasteiger partial charge in [0.2, 0.25) is 5.91 Å². The van der Waals surface area contributed by atoms with Gasteiger partial charge in [0.25, 0.3) is 5.91 Å². The van der Waals surface area contributed by atoms with Gasteiger partial charge in [-0.25, -0.2) is 9.18 Å². The van der Waals surface area contributed by atoms with Gasteiger partial charge < -0.3 is 15.0 Å². The molecule has 29 heavy (non-hydrogen) atoms. The summed E-state index contributed by atoms with van der Waals surface area (Å²) in [5.41, 5.74) is -0.170. The van der Waals surface area contributed by atoms with E-state index in [0.717, 1.165) is 10.5 Å². The molecule has 0 aromatic heterocycles. The third-order valence-corrected chi connectivity index (χ3v) is 6.12. The van der Waals surface area contributed by atoms with Gasteiger partial charge in [-0.2, -0.15) is 0 Å². The molecule has 4 amide bonds. The van der Waals surface area contributed by atoms with Crippen molar-refractivity contribution in [1.29, 1.82) is 0 Å². The van der Waals surface area contributed by atoms with E-state index in [1.54, 1.807) is 17.0 Å². The fourth-order valence-electron chi connectivity index (χ4n) is 4.37. The highest BCUT2D eigenvalue weighted by Gasteiger charge is 2.51. The molecule has 3 fully saturated rings. The lowest BCUT2D eigenvalue weighted by molar-refractivity contribution is -0.143. The molecule has 8 nitrogen and oxygen atoms in total. The van der Waals surface area contributed by atoms with E-state index < -0.39 is 17.6 Å². The van der Waals surface area contributed by atoms with Gasteiger partial charge in [-0.3, -0.25) is 19.4 Å². The van der Waals surface area contributed by atoms with Crippen molar-refractivity contribution in [1.82, 2.24) is 20.0 Å². The Morgan fingerprint density at radius 2 is 1.72 bits per heavy atom. The SMILES string of the molecule is CN1C(=O)NC2(CCN(C(=O)[C@@H](c3ccc(F)cc3)N3CCOCC3)CC2)C1=O. The quantitative estimate of drug-likeness (QED) is 0.752. The van der Waals surface area contributed by atoms with Crippen LogP contribution in [-0.4, -0.2) is 84.5 Å². The van der Waals surface area contributed by atoms with E-state index in [1.165, 1.54) is 19.2 Å². The Kier molecular flexibility index (Phi) is 5.26. The summed E-state index contributed by atoms with van der Waals surface area (Å²) in [7, 11) is 1.47. The van der Waals surface area contributed by atoms with Crippen molar-refractivity contribution in [3.05, 3.63) is 35.6 Å². The van der Waals surface area contributed by atoms with E-state index in [-0.39, 0.29) is 17.6 Å². The lowest BCUT2D eigenvalue weighted by Crippen LogP contribution is -2.57. The number of nitrogens with one attached hydrogen (secondary N) is 1. The monoisotopic (exact) mass is 404 g/mol. The second kappa shape index (κ2) is 7.72. The normalized spacial score (nSPS) is 23.4. The van der Waals surface area contributed by atoms with Crippen LogP contribution in [0.2, 0.25) is 0 Å². The highest BCUT2D eigenvalue weighted by Crippen LogP contribution is 2.31. The standard InChI is InChI=1S/C20H25FN4O4/c1-23-18(27)20(22-19(23)28)6-8-25(9-7-20)17(26)16(24-10-12-29-13-11-24)14-2-4-15(21)5-3-14/h2-5,16H,6-13H2,1H3,(H,22,28)/t16-/m1/s1. The summed E-state index contributed by atoms with van der Waals surface area (Å²) in [5, 5.41) is 2.79. The first kappa shape index (κ1) is 19.8. The third-order valence-electron chi connectivity index (χ3n) is 6.12. The average Bonchev–Trinajstić information content (AvgIpc) is 2.94. The predicted molar refractivity (Wildman–Crippen MR) is 101 cm³/mol. The predicted octanol–water partition coefficient (Wildman–Crippen LogP) is 0.742. The lowest BCUT2D eigenvalue weighted by Gasteiger charge is -2.41. The topological polar surface area (TPSA) is 82.2 Å². The number of imide groups is 1. The summed E-state index contributed by atoms with van der Waals surface area (Å²) < 4.78 is 18.8. The Morgan fingerprint density at radius 1 is 1.10 bits per heavy atom. The second-order valence-corrected chi connectivity index (χ2v) is 7.80. The van der Waals surface area contributed by atoms with Crippen LogP contribution in [0.4, 0.5) is 9.18 Å². The summed E-state index contributed by atoms with van der Waals surface area (Å²) in [6.45, 7) is 3.07. The Balaban J connectivity index is 1.52. The summed E-state index contributed by atoms with van der Waals surface area (Å²) in [6, 6.07) is 5.11. The molecule has 1 aromatic rings. The number of likely N-dealkylation sites (N-methyl/N-ethyl adjacent to an activating group) is 1. The van der Waals surface area contributed by atoms with Crippen LogP contribution < -0.4 is 5.32 Å². The average molecular weight is 404 g/mol. The first-order valence-electron chi connectivity index (χ1n) is 9.88. The number of ether oxygens (including phenoxy) is 1. The molecule has 3 heterocycles. The smallest absolute Gasteiger partial charge is 0.324 e. The molecule has 1 atom stereocenters. The number of benzene rings is 1. The van der Waals surface area contributed by atoms with Gasteiger partial charge in [0.05, 0.1) is 13.2 Å². The molecule has 156 valence electrons. The molecule has 1 spiro atoms. The first-order valence-corrected chi connectivity index (χ1v) is 9.88. The van der Waals surface area contributed by atoms with Crippen LogP contribution in [0.5, 0.6) is 0 Å². The molecule has 3 saturated heterocycles. The molecular formula is C20H25FN4O4. The van der Waals surface area contributed by atoms with Gasteiger partial charge >= 0.3 is 6.03 Å². The summed E-state index contributed by atoms with van der Waals surface area (Å²) in [6.07, 6.45) is 0.764. The number of carbonyl (C=O) groups excluding carboxylic acids is 3. The minimum atomic E-state index is -0.910. The second-order valence-electron chi connectivity index (χ2n) is 7.80. The van der Waals surface area contributed by atoms with Crippen LogP contribution in [0.15, 0.2) is 24.3 Å². The Bertz CT molecular complexity index is 801. The number of likely N-dealkylation sites (tertiary alicyclic amines) is 1. The molecule has 0 radical (unpaired) electrons. The number of nitrogens with zero attached hydrogens (tertiary/aromatic N) is 3. The van der Waals surface area contributed by atoms with Crippen LogP contribution >= 0.6 is 0 Å². The third kappa shape index (κ3) is 3.60. The summed E-state index contributed by atoms with van der Waals surface area (Å²) >= 11 is 0. The molecule has 0 unspecified atom stereocenters. The number of piperidine rings is 1. The molecule has 9 heteroatoms. The minimum absolute atomic E-state index is 0.0708. The van der Waals surface area contributed by atoms with Crippen molar-refractivity contribution in [2.24, 2.45) is 0 Å². The highest BCUT2D eigenvalue weighted by atomic mass is 19.1. The lowest BCUT2D eigenvalue weighted by atomic mass is 9.87. The van der Waals surface area contributed by atoms with E-state index >= 15 is 0 Å². The van der Waals surface area contributed by atoms with Crippen molar-refractivity contribution in [3.63, 3.8) is 0 Å². The van der Waals surface area contributed by atoms with Crippen molar-refractivity contribution in [2.45, 2.75) is 24.4 Å². The number of hydrogen-bond donors (Lipinski definition) is 1. The van der Waals surface area contributed by atoms with Gasteiger partial charge in [0.1, 0.15) is 17.4 Å². The molecule has 0 saturated carbocycles. The van der Waals surface area contributed by atoms with Crippen molar-refractivity contribution in [2.75, 3.05) is 46.4 Å². The Hall–Kier alpha value is -2.52. The molecular weight excluding hydrogens is 379 g/mol. The van der Waals surface area contributed by atoms with Crippen molar-refractivity contribution in [3.8, 4) is 0 Å². The molecule has 1 N–H and O–H groups in total. The van der Waals surface area contributed by atoms with Crippen molar-refractivity contribution < 1.29 is 23.5 Å². The van der Waals surface area contributed by atoms with Crippen LogP contribution in [-0.2, 0) is 14.3 Å². The fraction of sp³-hybridized carbons (Fsp3) is 0.550. The molecule has 3 aliphatic heterocycles. The van der Waals surface area contributed by atoms with Gasteiger partial charge in [-0.15, -0.1) is 0 Å². The Morgan fingerprint density at radius 3 is 2.28 bits per heavy atom. The fourth-order valence-corrected chi connectivity index (χ4v) is 4.37. The van der Waals surface area contributed by atoms with Gasteiger partial charge in [-0.05, 0) is 30.5 Å². The number of carbonyl (C=O) groups is 3. The number of urea groups is 1. The highest BCUT2D eigenvalue weighted by molar-refractivity contribution is 6.06. The zero-order chi connectivity index (χ0) is 20.6. The van der Waals surface area contributed by atoms with Crippen LogP contribution in [0, 0.1) is 5.82 Å². The number of morpholine rings is 1. The van der Waals surface area contributed by atoms with E-state index in [9.17, 15) is 18.8 Å². The zero-order valence-electron chi connectivity index (χ0n) is 16.4. The van der Waals surface area contributed by atoms with E-state index in [2.05, 4.69) is 10.2 Å². The summed E-state index contributed by atoms with van der Waals surface area (Å²) in [5.74, 6) is -0.655. The molecule has 1 aromatic carbocycles. The van der Waals surface area contributed by atoms with E-state index in [0.29, 0.717) is 52.2 Å². The minimum Gasteiger partial charge on any atom is -0.379 e. The Labute approximate surface area is 168 Å². The van der Waals surface area contributed by atoms with Gasteiger partial charge in [-0.1, -0.05) is 12.1 Å². The maximum atomic E-state index is 13.5. The van der Waals surface area contributed by atoms with Gasteiger partial charge in [0.15, 0.2) is 0 Å². The summed E-state index contributed by atoms with van der Waals surface area (Å²) in [4.78, 5) is 42.7. The van der Waals surface area contributed by atoms with Crippen LogP contribution in [0.1, 0.15) is 24.4 Å². The van der Waals surface area contributed by atoms with Crippen LogP contribution in [0.25, 0.3) is 0 Å². The van der Waals surface area contributed by atoms with E-state index in [4.69, 9.17) is 4.74 Å². The number of hydrogen-bond acceptors (Lipinski definition) is 5. The molecule has 3 aliphatic rings.